The summed E-state index contributed by atoms with van der Waals surface area (Å²) in [7, 11) is 0. The fourth-order valence-electron chi connectivity index (χ4n) is 1.30. The number of carbonyl (C=O) groups is 1. The molecule has 1 amide bonds. The van der Waals surface area contributed by atoms with Crippen molar-refractivity contribution in [1.29, 1.82) is 0 Å². The summed E-state index contributed by atoms with van der Waals surface area (Å²) in [5, 5.41) is 6.24. The summed E-state index contributed by atoms with van der Waals surface area (Å²) >= 11 is 0. The van der Waals surface area contributed by atoms with E-state index in [1.807, 2.05) is 6.92 Å². The topological polar surface area (TPSA) is 41.1 Å². The highest BCUT2D eigenvalue weighted by atomic mass is 35.5. The lowest BCUT2D eigenvalue weighted by Crippen LogP contribution is -2.42. The number of carbonyl (C=O) groups excluding carboxylic acids is 1. The maximum absolute atomic E-state index is 10.9. The van der Waals surface area contributed by atoms with Crippen LogP contribution in [0.5, 0.6) is 0 Å². The van der Waals surface area contributed by atoms with Crippen LogP contribution in [0.3, 0.4) is 0 Å². The van der Waals surface area contributed by atoms with Gasteiger partial charge in [0.25, 0.3) is 0 Å². The first-order valence-corrected chi connectivity index (χ1v) is 4.33. The number of piperidine rings is 1. The maximum atomic E-state index is 10.9. The maximum Gasteiger partial charge on any atom is 0.219 e. The molecular weight excluding hydrogens is 211 g/mol. The van der Waals surface area contributed by atoms with Gasteiger partial charge in [-0.15, -0.1) is 24.8 Å². The van der Waals surface area contributed by atoms with Gasteiger partial charge in [0.05, 0.1) is 0 Å². The van der Waals surface area contributed by atoms with Gasteiger partial charge in [-0.1, -0.05) is 6.92 Å². The Balaban J connectivity index is 0. The summed E-state index contributed by atoms with van der Waals surface area (Å²) in [4.78, 5) is 10.9. The Hall–Kier alpha value is 0.01000. The van der Waals surface area contributed by atoms with Gasteiger partial charge in [-0.05, 0) is 25.9 Å². The van der Waals surface area contributed by atoms with Crippen molar-refractivity contribution in [3.63, 3.8) is 0 Å². The van der Waals surface area contributed by atoms with Crippen molar-refractivity contribution in [3.05, 3.63) is 0 Å². The monoisotopic (exact) mass is 228 g/mol. The summed E-state index contributed by atoms with van der Waals surface area (Å²) in [6.07, 6.45) is 2.75. The SMILES string of the molecule is CCC(=O)NC1CCNCC1.Cl.Cl. The van der Waals surface area contributed by atoms with E-state index in [4.69, 9.17) is 0 Å². The lowest BCUT2D eigenvalue weighted by molar-refractivity contribution is -0.121. The van der Waals surface area contributed by atoms with E-state index in [2.05, 4.69) is 10.6 Å². The second-order valence-electron chi connectivity index (χ2n) is 2.95. The van der Waals surface area contributed by atoms with Crippen molar-refractivity contribution in [1.82, 2.24) is 10.6 Å². The van der Waals surface area contributed by atoms with E-state index in [-0.39, 0.29) is 30.7 Å². The third-order valence-electron chi connectivity index (χ3n) is 2.03. The minimum absolute atomic E-state index is 0. The Morgan fingerprint density at radius 2 is 1.92 bits per heavy atom. The largest absolute Gasteiger partial charge is 0.353 e. The molecule has 3 nitrogen and oxygen atoms in total. The molecule has 0 aromatic carbocycles. The molecule has 0 saturated carbocycles. The third kappa shape index (κ3) is 6.13. The molecule has 0 unspecified atom stereocenters. The first kappa shape index (κ1) is 15.5. The van der Waals surface area contributed by atoms with Gasteiger partial charge in [-0.2, -0.15) is 0 Å². The second-order valence-corrected chi connectivity index (χ2v) is 2.95. The van der Waals surface area contributed by atoms with Crippen molar-refractivity contribution in [2.45, 2.75) is 32.2 Å². The summed E-state index contributed by atoms with van der Waals surface area (Å²) in [5.74, 6) is 0.178. The smallest absolute Gasteiger partial charge is 0.219 e. The molecule has 2 N–H and O–H groups in total. The molecule has 1 heterocycles. The van der Waals surface area contributed by atoms with Crippen molar-refractivity contribution in [3.8, 4) is 0 Å². The summed E-state index contributed by atoms with van der Waals surface area (Å²) in [6.45, 7) is 3.96. The van der Waals surface area contributed by atoms with E-state index in [9.17, 15) is 4.79 Å². The van der Waals surface area contributed by atoms with Gasteiger partial charge in [0, 0.05) is 12.5 Å². The number of hydrogen-bond acceptors (Lipinski definition) is 2. The van der Waals surface area contributed by atoms with E-state index < -0.39 is 0 Å². The molecule has 1 fully saturated rings. The van der Waals surface area contributed by atoms with E-state index in [1.54, 1.807) is 0 Å². The van der Waals surface area contributed by atoms with Gasteiger partial charge in [0.1, 0.15) is 0 Å². The van der Waals surface area contributed by atoms with Crippen LogP contribution in [0.25, 0.3) is 0 Å². The number of hydrogen-bond donors (Lipinski definition) is 2. The third-order valence-corrected chi connectivity index (χ3v) is 2.03. The number of rotatable bonds is 2. The molecule has 1 aliphatic rings. The molecule has 80 valence electrons. The second kappa shape index (κ2) is 8.60. The molecule has 0 radical (unpaired) electrons. The normalized spacial score (nSPS) is 16.7. The lowest BCUT2D eigenvalue weighted by atomic mass is 10.1. The molecule has 0 aromatic rings. The van der Waals surface area contributed by atoms with E-state index in [0.717, 1.165) is 25.9 Å². The van der Waals surface area contributed by atoms with Gasteiger partial charge in [-0.25, -0.2) is 0 Å². The van der Waals surface area contributed by atoms with E-state index >= 15 is 0 Å². The van der Waals surface area contributed by atoms with E-state index in [0.29, 0.717) is 12.5 Å². The molecule has 1 saturated heterocycles. The molecule has 5 heteroatoms. The van der Waals surface area contributed by atoms with Gasteiger partial charge in [-0.3, -0.25) is 4.79 Å². The minimum atomic E-state index is 0. The van der Waals surface area contributed by atoms with Crippen LogP contribution < -0.4 is 10.6 Å². The molecular formula is C8H18Cl2N2O. The molecule has 1 aliphatic heterocycles. The van der Waals surface area contributed by atoms with Crippen LogP contribution in [-0.4, -0.2) is 25.0 Å². The first-order chi connectivity index (χ1) is 5.33. The van der Waals surface area contributed by atoms with Crippen LogP contribution >= 0.6 is 24.8 Å². The Bertz CT molecular complexity index is 138. The van der Waals surface area contributed by atoms with Crippen LogP contribution in [0.4, 0.5) is 0 Å². The van der Waals surface area contributed by atoms with Crippen LogP contribution in [0.1, 0.15) is 26.2 Å². The number of nitrogens with one attached hydrogen (secondary N) is 2. The summed E-state index contributed by atoms with van der Waals surface area (Å²) in [5.41, 5.74) is 0. The Kier molecular flexibility index (Phi) is 10.2. The predicted molar refractivity (Wildman–Crippen MR) is 58.8 cm³/mol. The zero-order valence-corrected chi connectivity index (χ0v) is 9.47. The van der Waals surface area contributed by atoms with Crippen LogP contribution in [-0.2, 0) is 4.79 Å². The molecule has 0 spiro atoms. The van der Waals surface area contributed by atoms with Crippen molar-refractivity contribution >= 4 is 30.7 Å². The fourth-order valence-corrected chi connectivity index (χ4v) is 1.30. The van der Waals surface area contributed by atoms with Crippen molar-refractivity contribution in [2.75, 3.05) is 13.1 Å². The lowest BCUT2D eigenvalue weighted by Gasteiger charge is -2.23. The highest BCUT2D eigenvalue weighted by Gasteiger charge is 2.13. The zero-order valence-electron chi connectivity index (χ0n) is 7.84. The standard InChI is InChI=1S/C8H16N2O.2ClH/c1-2-8(11)10-7-3-5-9-6-4-7;;/h7,9H,2-6H2,1H3,(H,10,11);2*1H. The summed E-state index contributed by atoms with van der Waals surface area (Å²) in [6, 6.07) is 0.420. The van der Waals surface area contributed by atoms with Gasteiger partial charge in [0.15, 0.2) is 0 Å². The zero-order chi connectivity index (χ0) is 8.10. The molecule has 0 aliphatic carbocycles. The molecule has 0 bridgehead atoms. The van der Waals surface area contributed by atoms with Gasteiger partial charge >= 0.3 is 0 Å². The Morgan fingerprint density at radius 1 is 1.38 bits per heavy atom. The highest BCUT2D eigenvalue weighted by molar-refractivity contribution is 5.85. The summed E-state index contributed by atoms with van der Waals surface area (Å²) < 4.78 is 0. The average Bonchev–Trinajstić information content (AvgIpc) is 2.06. The Labute approximate surface area is 91.9 Å². The minimum Gasteiger partial charge on any atom is -0.353 e. The van der Waals surface area contributed by atoms with Gasteiger partial charge < -0.3 is 10.6 Å². The predicted octanol–water partition coefficient (Wildman–Crippen LogP) is 1.11. The van der Waals surface area contributed by atoms with Crippen molar-refractivity contribution in [2.24, 2.45) is 0 Å². The van der Waals surface area contributed by atoms with Crippen LogP contribution in [0, 0.1) is 0 Å². The van der Waals surface area contributed by atoms with Crippen LogP contribution in [0.15, 0.2) is 0 Å². The quantitative estimate of drug-likeness (QED) is 0.744. The molecule has 1 rings (SSSR count). The fraction of sp³-hybridized carbons (Fsp3) is 0.875. The van der Waals surface area contributed by atoms with E-state index in [1.165, 1.54) is 0 Å². The molecule has 0 aromatic heterocycles. The van der Waals surface area contributed by atoms with Crippen LogP contribution in [0.2, 0.25) is 0 Å². The first-order valence-electron chi connectivity index (χ1n) is 4.33. The highest BCUT2D eigenvalue weighted by Crippen LogP contribution is 2.01. The number of halogens is 2. The number of amides is 1. The van der Waals surface area contributed by atoms with Crippen molar-refractivity contribution < 1.29 is 4.79 Å². The molecule has 0 atom stereocenters. The average molecular weight is 229 g/mol. The molecule has 13 heavy (non-hydrogen) atoms. The van der Waals surface area contributed by atoms with Gasteiger partial charge in [0.2, 0.25) is 5.91 Å². The Morgan fingerprint density at radius 3 is 2.38 bits per heavy atom.